The fourth-order valence-electron chi connectivity index (χ4n) is 1.40. The Bertz CT molecular complexity index is 307. The van der Waals surface area contributed by atoms with Gasteiger partial charge in [-0.2, -0.15) is 0 Å². The van der Waals surface area contributed by atoms with E-state index in [2.05, 4.69) is 17.2 Å². The minimum atomic E-state index is -0.0194. The van der Waals surface area contributed by atoms with Crippen LogP contribution in [0.5, 0.6) is 0 Å². The number of aromatic nitrogens is 2. The van der Waals surface area contributed by atoms with Crippen LogP contribution in [-0.2, 0) is 5.54 Å². The number of imidazole rings is 1. The van der Waals surface area contributed by atoms with E-state index in [1.807, 2.05) is 0 Å². The Kier molecular flexibility index (Phi) is 1.20. The van der Waals surface area contributed by atoms with Gasteiger partial charge in [0.15, 0.2) is 0 Å². The summed E-state index contributed by atoms with van der Waals surface area (Å²) in [7, 11) is 0. The first-order chi connectivity index (χ1) is 5.22. The van der Waals surface area contributed by atoms with Crippen LogP contribution in [0.4, 0.5) is 0 Å². The van der Waals surface area contributed by atoms with Gasteiger partial charge >= 0.3 is 5.69 Å². The van der Waals surface area contributed by atoms with E-state index in [4.69, 9.17) is 0 Å². The molecule has 4 heteroatoms. The molecule has 1 aromatic heterocycles. The molecule has 1 aliphatic heterocycles. The first-order valence-electron chi connectivity index (χ1n) is 3.70. The van der Waals surface area contributed by atoms with Gasteiger partial charge in [0.05, 0.1) is 5.54 Å². The van der Waals surface area contributed by atoms with Crippen molar-refractivity contribution in [2.24, 2.45) is 0 Å². The Morgan fingerprint density at radius 3 is 2.73 bits per heavy atom. The van der Waals surface area contributed by atoms with Crippen LogP contribution in [0.2, 0.25) is 0 Å². The largest absolute Gasteiger partial charge is 0.326 e. The zero-order chi connectivity index (χ0) is 7.90. The molecule has 2 rings (SSSR count). The molecule has 0 amide bonds. The standard InChI is InChI=1S/C7H11N3O/c1-7(4-8-5-7)10-3-2-9-6(10)11/h2-3,8H,4-5H2,1H3,(H,9,11). The van der Waals surface area contributed by atoms with Crippen molar-refractivity contribution in [1.82, 2.24) is 14.9 Å². The molecule has 1 fully saturated rings. The van der Waals surface area contributed by atoms with Crippen LogP contribution in [-0.4, -0.2) is 22.6 Å². The van der Waals surface area contributed by atoms with Crippen LogP contribution in [0.15, 0.2) is 17.2 Å². The number of rotatable bonds is 1. The highest BCUT2D eigenvalue weighted by Crippen LogP contribution is 2.17. The van der Waals surface area contributed by atoms with Crippen molar-refractivity contribution in [2.45, 2.75) is 12.5 Å². The molecule has 1 aromatic rings. The van der Waals surface area contributed by atoms with Crippen molar-refractivity contribution in [2.75, 3.05) is 13.1 Å². The molecule has 11 heavy (non-hydrogen) atoms. The third-order valence-corrected chi connectivity index (χ3v) is 2.24. The number of aromatic amines is 1. The average Bonchev–Trinajstić information content (AvgIpc) is 2.30. The second kappa shape index (κ2) is 1.98. The monoisotopic (exact) mass is 153 g/mol. The zero-order valence-electron chi connectivity index (χ0n) is 6.42. The lowest BCUT2D eigenvalue weighted by molar-refractivity contribution is 0.195. The fourth-order valence-corrected chi connectivity index (χ4v) is 1.40. The van der Waals surface area contributed by atoms with Crippen molar-refractivity contribution >= 4 is 0 Å². The Morgan fingerprint density at radius 1 is 1.64 bits per heavy atom. The summed E-state index contributed by atoms with van der Waals surface area (Å²) >= 11 is 0. The minimum absolute atomic E-state index is 0.00289. The summed E-state index contributed by atoms with van der Waals surface area (Å²) in [5.74, 6) is 0. The smallest absolute Gasteiger partial charge is 0.313 e. The van der Waals surface area contributed by atoms with Gasteiger partial charge in [-0.3, -0.25) is 4.57 Å². The molecule has 4 nitrogen and oxygen atoms in total. The van der Waals surface area contributed by atoms with Crippen molar-refractivity contribution in [3.05, 3.63) is 22.9 Å². The average molecular weight is 153 g/mol. The second-order valence-corrected chi connectivity index (χ2v) is 3.24. The van der Waals surface area contributed by atoms with E-state index in [1.165, 1.54) is 0 Å². The van der Waals surface area contributed by atoms with Crippen molar-refractivity contribution in [1.29, 1.82) is 0 Å². The van der Waals surface area contributed by atoms with Crippen LogP contribution in [0.1, 0.15) is 6.92 Å². The van der Waals surface area contributed by atoms with Crippen molar-refractivity contribution in [3.8, 4) is 0 Å². The normalized spacial score (nSPS) is 21.2. The van der Waals surface area contributed by atoms with Crippen molar-refractivity contribution < 1.29 is 0 Å². The lowest BCUT2D eigenvalue weighted by Gasteiger charge is -2.39. The number of hydrogen-bond acceptors (Lipinski definition) is 2. The summed E-state index contributed by atoms with van der Waals surface area (Å²) in [5, 5.41) is 3.14. The van der Waals surface area contributed by atoms with E-state index in [-0.39, 0.29) is 11.2 Å². The Morgan fingerprint density at radius 2 is 2.36 bits per heavy atom. The van der Waals surface area contributed by atoms with Gasteiger partial charge in [0.1, 0.15) is 0 Å². The van der Waals surface area contributed by atoms with Gasteiger partial charge in [0, 0.05) is 25.5 Å². The molecule has 2 N–H and O–H groups in total. The van der Waals surface area contributed by atoms with Crippen LogP contribution >= 0.6 is 0 Å². The molecule has 2 heterocycles. The van der Waals surface area contributed by atoms with E-state index >= 15 is 0 Å². The van der Waals surface area contributed by atoms with Gasteiger partial charge < -0.3 is 10.3 Å². The highest BCUT2D eigenvalue weighted by molar-refractivity contribution is 4.98. The molecule has 1 aliphatic rings. The number of nitrogens with one attached hydrogen (secondary N) is 2. The molecule has 1 saturated heterocycles. The number of hydrogen-bond donors (Lipinski definition) is 2. The second-order valence-electron chi connectivity index (χ2n) is 3.24. The lowest BCUT2D eigenvalue weighted by atomic mass is 9.95. The van der Waals surface area contributed by atoms with Gasteiger partial charge in [0.25, 0.3) is 0 Å². The third kappa shape index (κ3) is 0.826. The minimum Gasteiger partial charge on any atom is -0.313 e. The van der Waals surface area contributed by atoms with E-state index in [0.717, 1.165) is 13.1 Å². The van der Waals surface area contributed by atoms with Gasteiger partial charge in [-0.15, -0.1) is 0 Å². The fraction of sp³-hybridized carbons (Fsp3) is 0.571. The summed E-state index contributed by atoms with van der Waals surface area (Å²) in [6, 6.07) is 0. The van der Waals surface area contributed by atoms with Gasteiger partial charge in [-0.25, -0.2) is 4.79 Å². The Hall–Kier alpha value is -1.03. The molecule has 0 saturated carbocycles. The number of nitrogens with zero attached hydrogens (tertiary/aromatic N) is 1. The topological polar surface area (TPSA) is 49.8 Å². The maximum Gasteiger partial charge on any atom is 0.326 e. The molecule has 60 valence electrons. The van der Waals surface area contributed by atoms with Gasteiger partial charge in [0.2, 0.25) is 0 Å². The predicted octanol–water partition coefficient (Wildman–Crippen LogP) is -0.505. The molecular formula is C7H11N3O. The quantitative estimate of drug-likeness (QED) is 0.571. The molecule has 0 spiro atoms. The molecule has 0 atom stereocenters. The van der Waals surface area contributed by atoms with E-state index in [0.29, 0.717) is 0 Å². The van der Waals surface area contributed by atoms with Crippen LogP contribution in [0, 0.1) is 0 Å². The summed E-state index contributed by atoms with van der Waals surface area (Å²) in [6.45, 7) is 3.83. The summed E-state index contributed by atoms with van der Waals surface area (Å²) in [6.07, 6.45) is 3.47. The SMILES string of the molecule is CC1(n2cc[nH]c2=O)CNC1. The molecule has 0 bridgehead atoms. The molecule has 0 radical (unpaired) electrons. The Labute approximate surface area is 64.2 Å². The number of H-pyrrole nitrogens is 1. The zero-order valence-corrected chi connectivity index (χ0v) is 6.42. The summed E-state index contributed by atoms with van der Waals surface area (Å²) < 4.78 is 1.74. The van der Waals surface area contributed by atoms with Crippen LogP contribution in [0.25, 0.3) is 0 Å². The molecule has 0 aliphatic carbocycles. The van der Waals surface area contributed by atoms with Crippen LogP contribution < -0.4 is 11.0 Å². The van der Waals surface area contributed by atoms with Crippen molar-refractivity contribution in [3.63, 3.8) is 0 Å². The molecular weight excluding hydrogens is 142 g/mol. The van der Waals surface area contributed by atoms with Crippen LogP contribution in [0.3, 0.4) is 0 Å². The van der Waals surface area contributed by atoms with E-state index in [9.17, 15) is 4.79 Å². The van der Waals surface area contributed by atoms with Gasteiger partial charge in [-0.1, -0.05) is 0 Å². The molecule has 0 unspecified atom stereocenters. The molecule has 0 aromatic carbocycles. The highest BCUT2D eigenvalue weighted by atomic mass is 16.1. The first-order valence-corrected chi connectivity index (χ1v) is 3.70. The lowest BCUT2D eigenvalue weighted by Crippen LogP contribution is -2.60. The van der Waals surface area contributed by atoms with E-state index in [1.54, 1.807) is 17.0 Å². The maximum absolute atomic E-state index is 11.1. The van der Waals surface area contributed by atoms with E-state index < -0.39 is 0 Å². The summed E-state index contributed by atoms with van der Waals surface area (Å²) in [4.78, 5) is 13.8. The van der Waals surface area contributed by atoms with Gasteiger partial charge in [-0.05, 0) is 6.92 Å². The third-order valence-electron chi connectivity index (χ3n) is 2.24. The highest BCUT2D eigenvalue weighted by Gasteiger charge is 2.34. The predicted molar refractivity (Wildman–Crippen MR) is 41.6 cm³/mol. The summed E-state index contributed by atoms with van der Waals surface area (Å²) in [5.41, 5.74) is -0.0223. The maximum atomic E-state index is 11.1. The first kappa shape index (κ1) is 6.67. The Balaban J connectivity index is 2.42.